The fraction of sp³-hybridized carbons (Fsp3) is 0.706. The van der Waals surface area contributed by atoms with Gasteiger partial charge in [-0.05, 0) is 45.4 Å². The summed E-state index contributed by atoms with van der Waals surface area (Å²) < 4.78 is 5.13. The Kier molecular flexibility index (Phi) is 4.41. The van der Waals surface area contributed by atoms with Crippen LogP contribution in [0.25, 0.3) is 0 Å². The lowest BCUT2D eigenvalue weighted by Crippen LogP contribution is -2.46. The monoisotopic (exact) mass is 320 g/mol. The predicted molar refractivity (Wildman–Crippen MR) is 82.9 cm³/mol. The molecule has 0 aromatic carbocycles. The molecule has 1 amide bonds. The molecule has 1 aromatic heterocycles. The number of carboxylic acid groups (broad SMARTS) is 1. The van der Waals surface area contributed by atoms with Crippen LogP contribution in [0.2, 0.25) is 0 Å². The number of aliphatic carboxylic acids is 1. The van der Waals surface area contributed by atoms with Crippen molar-refractivity contribution in [3.8, 4) is 0 Å². The van der Waals surface area contributed by atoms with Crippen molar-refractivity contribution in [2.45, 2.75) is 70.9 Å². The molecule has 1 N–H and O–H groups in total. The van der Waals surface area contributed by atoms with Crippen LogP contribution >= 0.6 is 0 Å². The van der Waals surface area contributed by atoms with Gasteiger partial charge in [-0.3, -0.25) is 4.79 Å². The molecular formula is C17H24N2O4. The molecule has 6 heteroatoms. The van der Waals surface area contributed by atoms with Gasteiger partial charge in [-0.25, -0.2) is 4.79 Å². The summed E-state index contributed by atoms with van der Waals surface area (Å²) >= 11 is 0. The van der Waals surface area contributed by atoms with Crippen LogP contribution in [0, 0.1) is 19.8 Å². The molecule has 3 unspecified atom stereocenters. The number of carboxylic acids is 1. The highest BCUT2D eigenvalue weighted by Gasteiger charge is 2.47. The predicted octanol–water partition coefficient (Wildman–Crippen LogP) is 2.47. The van der Waals surface area contributed by atoms with E-state index >= 15 is 0 Å². The number of carbonyl (C=O) groups excluding carboxylic acids is 1. The third-order valence-electron chi connectivity index (χ3n) is 5.43. The fourth-order valence-electron chi connectivity index (χ4n) is 4.26. The largest absolute Gasteiger partial charge is 0.480 e. The van der Waals surface area contributed by atoms with Gasteiger partial charge < -0.3 is 14.5 Å². The van der Waals surface area contributed by atoms with Gasteiger partial charge in [-0.15, -0.1) is 0 Å². The first-order valence-electron chi connectivity index (χ1n) is 8.44. The summed E-state index contributed by atoms with van der Waals surface area (Å²) in [5.74, 6) is 0.173. The highest BCUT2D eigenvalue weighted by atomic mass is 16.5. The molecule has 3 rings (SSSR count). The summed E-state index contributed by atoms with van der Waals surface area (Å²) in [4.78, 5) is 26.0. The molecule has 2 fully saturated rings. The van der Waals surface area contributed by atoms with Crippen LogP contribution in [0.5, 0.6) is 0 Å². The van der Waals surface area contributed by atoms with Crippen LogP contribution in [0.3, 0.4) is 0 Å². The van der Waals surface area contributed by atoms with Crippen molar-refractivity contribution < 1.29 is 19.2 Å². The van der Waals surface area contributed by atoms with Gasteiger partial charge in [0.1, 0.15) is 11.8 Å². The van der Waals surface area contributed by atoms with Crippen molar-refractivity contribution in [1.29, 1.82) is 0 Å². The molecule has 1 aliphatic heterocycles. The maximum absolute atomic E-state index is 12.7. The fourth-order valence-corrected chi connectivity index (χ4v) is 4.26. The normalized spacial score (nSPS) is 27.0. The number of carbonyl (C=O) groups is 2. The molecule has 2 aliphatic rings. The second-order valence-corrected chi connectivity index (χ2v) is 6.81. The van der Waals surface area contributed by atoms with E-state index < -0.39 is 12.0 Å². The highest BCUT2D eigenvalue weighted by Crippen LogP contribution is 2.40. The van der Waals surface area contributed by atoms with Gasteiger partial charge in [-0.2, -0.15) is 0 Å². The van der Waals surface area contributed by atoms with E-state index in [0.29, 0.717) is 25.2 Å². The van der Waals surface area contributed by atoms with E-state index in [4.69, 9.17) is 4.52 Å². The molecule has 1 saturated heterocycles. The quantitative estimate of drug-likeness (QED) is 0.921. The number of likely N-dealkylation sites (tertiary alicyclic amines) is 1. The average Bonchev–Trinajstić information content (AvgIpc) is 3.06. The van der Waals surface area contributed by atoms with E-state index in [1.54, 1.807) is 4.90 Å². The maximum Gasteiger partial charge on any atom is 0.326 e. The Morgan fingerprint density at radius 2 is 2.04 bits per heavy atom. The SMILES string of the molecule is Cc1noc(C)c1CCC(=O)N1C(C(=O)O)CC2CCCCC21. The van der Waals surface area contributed by atoms with Crippen molar-refractivity contribution in [2.24, 2.45) is 5.92 Å². The van der Waals surface area contributed by atoms with Crippen LogP contribution in [0.1, 0.15) is 55.5 Å². The zero-order valence-electron chi connectivity index (χ0n) is 13.7. The molecule has 1 saturated carbocycles. The summed E-state index contributed by atoms with van der Waals surface area (Å²) in [6.45, 7) is 3.70. The van der Waals surface area contributed by atoms with Crippen LogP contribution in [0.15, 0.2) is 4.52 Å². The Labute approximate surface area is 135 Å². The smallest absolute Gasteiger partial charge is 0.326 e. The van der Waals surface area contributed by atoms with Crippen LogP contribution in [-0.2, 0) is 16.0 Å². The minimum absolute atomic E-state index is 0.0493. The Morgan fingerprint density at radius 1 is 1.30 bits per heavy atom. The average molecular weight is 320 g/mol. The van der Waals surface area contributed by atoms with E-state index in [1.165, 1.54) is 0 Å². The maximum atomic E-state index is 12.7. The number of rotatable bonds is 4. The highest BCUT2D eigenvalue weighted by molar-refractivity contribution is 5.85. The van der Waals surface area contributed by atoms with E-state index in [-0.39, 0.29) is 11.9 Å². The molecule has 6 nitrogen and oxygen atoms in total. The van der Waals surface area contributed by atoms with E-state index in [0.717, 1.165) is 42.7 Å². The molecule has 23 heavy (non-hydrogen) atoms. The van der Waals surface area contributed by atoms with E-state index in [9.17, 15) is 14.7 Å². The zero-order valence-corrected chi connectivity index (χ0v) is 13.7. The van der Waals surface area contributed by atoms with Crippen molar-refractivity contribution in [3.63, 3.8) is 0 Å². The molecule has 1 aromatic rings. The number of fused-ring (bicyclic) bond motifs is 1. The molecule has 0 spiro atoms. The second kappa shape index (κ2) is 6.34. The minimum atomic E-state index is -0.870. The first kappa shape index (κ1) is 16.0. The third kappa shape index (κ3) is 2.99. The van der Waals surface area contributed by atoms with Crippen LogP contribution in [-0.4, -0.2) is 39.1 Å². The minimum Gasteiger partial charge on any atom is -0.480 e. The summed E-state index contributed by atoms with van der Waals surface area (Å²) in [5.41, 5.74) is 1.77. The number of hydrogen-bond donors (Lipinski definition) is 1. The standard InChI is InChI=1S/C17H24N2O4/c1-10-13(11(2)23-18-10)7-8-16(20)19-14-6-4-3-5-12(14)9-15(19)17(21)22/h12,14-15H,3-9H2,1-2H3,(H,21,22). The molecular weight excluding hydrogens is 296 g/mol. The number of nitrogens with zero attached hydrogens (tertiary/aromatic N) is 2. The lowest BCUT2D eigenvalue weighted by molar-refractivity contribution is -0.149. The number of amides is 1. The first-order chi connectivity index (χ1) is 11.0. The topological polar surface area (TPSA) is 83.6 Å². The lowest BCUT2D eigenvalue weighted by atomic mass is 9.84. The van der Waals surface area contributed by atoms with Crippen molar-refractivity contribution in [3.05, 3.63) is 17.0 Å². The van der Waals surface area contributed by atoms with Gasteiger partial charge in [-0.1, -0.05) is 18.0 Å². The Hall–Kier alpha value is -1.85. The molecule has 0 radical (unpaired) electrons. The third-order valence-corrected chi connectivity index (χ3v) is 5.43. The molecule has 126 valence electrons. The zero-order chi connectivity index (χ0) is 16.6. The summed E-state index contributed by atoms with van der Waals surface area (Å²) in [5, 5.41) is 13.4. The summed E-state index contributed by atoms with van der Waals surface area (Å²) in [7, 11) is 0. The second-order valence-electron chi connectivity index (χ2n) is 6.81. The molecule has 1 aliphatic carbocycles. The summed E-state index contributed by atoms with van der Waals surface area (Å²) in [6, 6.07) is -0.540. The summed E-state index contributed by atoms with van der Waals surface area (Å²) in [6.07, 6.45) is 5.69. The molecule has 0 bridgehead atoms. The van der Waals surface area contributed by atoms with Gasteiger partial charge in [0.25, 0.3) is 0 Å². The van der Waals surface area contributed by atoms with Crippen molar-refractivity contribution in [2.75, 3.05) is 0 Å². The lowest BCUT2D eigenvalue weighted by Gasteiger charge is -2.33. The van der Waals surface area contributed by atoms with E-state index in [2.05, 4.69) is 5.16 Å². The Balaban J connectivity index is 1.72. The Bertz CT molecular complexity index is 590. The van der Waals surface area contributed by atoms with Gasteiger partial charge in [0.2, 0.25) is 5.91 Å². The van der Waals surface area contributed by atoms with Gasteiger partial charge in [0.05, 0.1) is 5.69 Å². The first-order valence-corrected chi connectivity index (χ1v) is 8.44. The van der Waals surface area contributed by atoms with Gasteiger partial charge in [0.15, 0.2) is 0 Å². The molecule has 2 heterocycles. The van der Waals surface area contributed by atoms with E-state index in [1.807, 2.05) is 13.8 Å². The van der Waals surface area contributed by atoms with Gasteiger partial charge in [0, 0.05) is 18.0 Å². The van der Waals surface area contributed by atoms with Crippen LogP contribution < -0.4 is 0 Å². The molecule has 3 atom stereocenters. The van der Waals surface area contributed by atoms with Crippen molar-refractivity contribution >= 4 is 11.9 Å². The number of hydrogen-bond acceptors (Lipinski definition) is 4. The van der Waals surface area contributed by atoms with Crippen molar-refractivity contribution in [1.82, 2.24) is 10.1 Å². The number of aryl methyl sites for hydroxylation is 2. The van der Waals surface area contributed by atoms with Gasteiger partial charge >= 0.3 is 5.97 Å². The Morgan fingerprint density at radius 3 is 2.70 bits per heavy atom. The number of aromatic nitrogens is 1. The van der Waals surface area contributed by atoms with Crippen LogP contribution in [0.4, 0.5) is 0 Å².